The van der Waals surface area contributed by atoms with E-state index in [1.54, 1.807) is 26.0 Å². The molecule has 4 rings (SSSR count). The molecule has 0 radical (unpaired) electrons. The van der Waals surface area contributed by atoms with Crippen molar-refractivity contribution in [2.45, 2.75) is 32.5 Å². The highest BCUT2D eigenvalue weighted by molar-refractivity contribution is 6.02. The van der Waals surface area contributed by atoms with Crippen LogP contribution in [0.1, 0.15) is 25.0 Å². The first kappa shape index (κ1) is 26.4. The molecule has 1 saturated heterocycles. The molecule has 0 saturated carbocycles. The molecule has 3 aromatic rings. The van der Waals surface area contributed by atoms with Gasteiger partial charge in [-0.15, -0.1) is 0 Å². The molecule has 3 aromatic carbocycles. The first-order valence-electron chi connectivity index (χ1n) is 12.4. The number of hydrogen-bond donors (Lipinski definition) is 1. The fourth-order valence-electron chi connectivity index (χ4n) is 4.10. The van der Waals surface area contributed by atoms with E-state index in [0.717, 1.165) is 11.1 Å². The van der Waals surface area contributed by atoms with Crippen LogP contribution in [0.15, 0.2) is 108 Å². The molecule has 2 amide bonds. The Bertz CT molecular complexity index is 1320. The molecule has 1 aliphatic rings. The molecule has 194 valence electrons. The maximum Gasteiger partial charge on any atom is 0.355 e. The molecule has 7 nitrogen and oxygen atoms in total. The number of amides is 2. The summed E-state index contributed by atoms with van der Waals surface area (Å²) >= 11 is 0. The van der Waals surface area contributed by atoms with Crippen molar-refractivity contribution in [2.75, 3.05) is 6.61 Å². The van der Waals surface area contributed by atoms with E-state index >= 15 is 0 Å². The van der Waals surface area contributed by atoms with E-state index in [0.29, 0.717) is 11.3 Å². The van der Waals surface area contributed by atoms with Gasteiger partial charge in [0.1, 0.15) is 24.1 Å². The van der Waals surface area contributed by atoms with Crippen molar-refractivity contribution in [2.24, 2.45) is 0 Å². The summed E-state index contributed by atoms with van der Waals surface area (Å²) in [4.78, 5) is 40.5. The molecule has 0 aromatic heterocycles. The third kappa shape index (κ3) is 6.56. The first-order chi connectivity index (χ1) is 18.4. The average molecular weight is 511 g/mol. The fraction of sp³-hybridized carbons (Fsp3) is 0.194. The van der Waals surface area contributed by atoms with E-state index in [-0.39, 0.29) is 18.9 Å². The quantitative estimate of drug-likeness (QED) is 0.246. The van der Waals surface area contributed by atoms with E-state index in [4.69, 9.17) is 9.47 Å². The number of nitrogens with zero attached hydrogens (tertiary/aromatic N) is 1. The van der Waals surface area contributed by atoms with Gasteiger partial charge in [0.25, 0.3) is 11.8 Å². The second-order valence-corrected chi connectivity index (χ2v) is 9.03. The van der Waals surface area contributed by atoms with Crippen LogP contribution in [0.3, 0.4) is 0 Å². The van der Waals surface area contributed by atoms with Gasteiger partial charge in [-0.2, -0.15) is 0 Å². The number of nitrogens with one attached hydrogen (secondary N) is 1. The van der Waals surface area contributed by atoms with Crippen LogP contribution in [0.4, 0.5) is 0 Å². The lowest BCUT2D eigenvalue weighted by atomic mass is 9.91. The maximum absolute atomic E-state index is 13.3. The van der Waals surface area contributed by atoms with E-state index < -0.39 is 29.9 Å². The standard InChI is InChI=1S/C31H30N2O5/c1-22(2)29(31(36)38-20-24-14-8-4-9-15-24)33-26(19-18-23-12-6-3-7-13-23)28(30(33)35)32-27(34)21-37-25-16-10-5-11-17-25/h3-19,26,28H,20-21H2,1-2H3,(H,32,34). The van der Waals surface area contributed by atoms with Gasteiger partial charge in [0.2, 0.25) is 0 Å². The monoisotopic (exact) mass is 510 g/mol. The molecule has 1 N–H and O–H groups in total. The summed E-state index contributed by atoms with van der Waals surface area (Å²) in [5.74, 6) is -0.876. The molecule has 1 heterocycles. The number of allylic oxidation sites excluding steroid dienone is 1. The summed E-state index contributed by atoms with van der Waals surface area (Å²) in [5.41, 5.74) is 2.56. The zero-order valence-corrected chi connectivity index (χ0v) is 21.4. The van der Waals surface area contributed by atoms with Crippen molar-refractivity contribution in [3.63, 3.8) is 0 Å². The maximum atomic E-state index is 13.3. The molecule has 7 heteroatoms. The molecule has 2 unspecified atom stereocenters. The molecule has 1 aliphatic heterocycles. The Hall–Kier alpha value is -4.65. The highest BCUT2D eigenvalue weighted by Crippen LogP contribution is 2.30. The summed E-state index contributed by atoms with van der Waals surface area (Å²) in [5, 5.41) is 2.76. The predicted octanol–water partition coefficient (Wildman–Crippen LogP) is 4.51. The summed E-state index contributed by atoms with van der Waals surface area (Å²) in [6.45, 7) is 3.35. The van der Waals surface area contributed by atoms with E-state index in [1.807, 2.05) is 91.0 Å². The highest BCUT2D eigenvalue weighted by atomic mass is 16.5. The van der Waals surface area contributed by atoms with Crippen molar-refractivity contribution >= 4 is 23.9 Å². The number of β-lactam (4-membered cyclic amide) rings is 1. The Labute approximate surface area is 222 Å². The van der Waals surface area contributed by atoms with E-state index in [9.17, 15) is 14.4 Å². The van der Waals surface area contributed by atoms with Crippen LogP contribution in [0.25, 0.3) is 6.08 Å². The van der Waals surface area contributed by atoms with Crippen molar-refractivity contribution in [1.29, 1.82) is 0 Å². The zero-order chi connectivity index (χ0) is 26.9. The highest BCUT2D eigenvalue weighted by Gasteiger charge is 2.50. The van der Waals surface area contributed by atoms with Crippen LogP contribution in [-0.2, 0) is 25.7 Å². The summed E-state index contributed by atoms with van der Waals surface area (Å²) in [7, 11) is 0. The van der Waals surface area contributed by atoms with Gasteiger partial charge < -0.3 is 14.8 Å². The van der Waals surface area contributed by atoms with Crippen LogP contribution in [0.5, 0.6) is 5.75 Å². The number of likely N-dealkylation sites (tertiary alicyclic amines) is 1. The molecular formula is C31H30N2O5. The van der Waals surface area contributed by atoms with Gasteiger partial charge >= 0.3 is 5.97 Å². The van der Waals surface area contributed by atoms with Gasteiger partial charge in [0.15, 0.2) is 6.61 Å². The number of esters is 1. The third-order valence-electron chi connectivity index (χ3n) is 5.98. The molecule has 0 bridgehead atoms. The van der Waals surface area contributed by atoms with Crippen LogP contribution in [-0.4, -0.2) is 41.4 Å². The zero-order valence-electron chi connectivity index (χ0n) is 21.4. The average Bonchev–Trinajstić information content (AvgIpc) is 2.95. The Kier molecular flexibility index (Phi) is 8.72. The van der Waals surface area contributed by atoms with Crippen molar-refractivity contribution in [3.05, 3.63) is 119 Å². The number of ether oxygens (including phenoxy) is 2. The number of rotatable bonds is 10. The molecule has 2 atom stereocenters. The number of hydrogen-bond acceptors (Lipinski definition) is 5. The van der Waals surface area contributed by atoms with Crippen molar-refractivity contribution in [1.82, 2.24) is 10.2 Å². The Morgan fingerprint density at radius 1 is 0.895 bits per heavy atom. The summed E-state index contributed by atoms with van der Waals surface area (Å²) < 4.78 is 11.1. The molecule has 0 spiro atoms. The first-order valence-corrected chi connectivity index (χ1v) is 12.4. The third-order valence-corrected chi connectivity index (χ3v) is 5.98. The fourth-order valence-corrected chi connectivity index (χ4v) is 4.10. The van der Waals surface area contributed by atoms with Gasteiger partial charge in [-0.25, -0.2) is 4.79 Å². The van der Waals surface area contributed by atoms with Crippen LogP contribution >= 0.6 is 0 Å². The Morgan fingerprint density at radius 2 is 1.50 bits per heavy atom. The Morgan fingerprint density at radius 3 is 2.13 bits per heavy atom. The minimum Gasteiger partial charge on any atom is -0.484 e. The predicted molar refractivity (Wildman–Crippen MR) is 145 cm³/mol. The largest absolute Gasteiger partial charge is 0.484 e. The number of carbonyl (C=O) groups is 3. The van der Waals surface area contributed by atoms with E-state index in [1.165, 1.54) is 4.90 Å². The Balaban J connectivity index is 1.51. The minimum absolute atomic E-state index is 0.0833. The smallest absolute Gasteiger partial charge is 0.355 e. The second-order valence-electron chi connectivity index (χ2n) is 9.03. The van der Waals surface area contributed by atoms with E-state index in [2.05, 4.69) is 5.32 Å². The SMILES string of the molecule is CC(C)=C(C(=O)OCc1ccccc1)N1C(=O)C(NC(=O)COc2ccccc2)C1C=Cc1ccccc1. The summed E-state index contributed by atoms with van der Waals surface area (Å²) in [6, 6.07) is 26.4. The molecule has 0 aliphatic carbocycles. The minimum atomic E-state index is -0.849. The van der Waals surface area contributed by atoms with Crippen LogP contribution in [0, 0.1) is 0 Å². The number of para-hydroxylation sites is 1. The lowest BCUT2D eigenvalue weighted by Crippen LogP contribution is -2.70. The topological polar surface area (TPSA) is 84.9 Å². The lowest BCUT2D eigenvalue weighted by Gasteiger charge is -2.46. The molecule has 1 fully saturated rings. The summed E-state index contributed by atoms with van der Waals surface area (Å²) in [6.07, 6.45) is 3.68. The van der Waals surface area contributed by atoms with Gasteiger partial charge in [0, 0.05) is 0 Å². The molecule has 38 heavy (non-hydrogen) atoms. The van der Waals surface area contributed by atoms with Crippen LogP contribution in [0.2, 0.25) is 0 Å². The van der Waals surface area contributed by atoms with Gasteiger partial charge in [0.05, 0.1) is 6.04 Å². The van der Waals surface area contributed by atoms with Crippen LogP contribution < -0.4 is 10.1 Å². The van der Waals surface area contributed by atoms with Gasteiger partial charge in [-0.3, -0.25) is 14.5 Å². The molecular weight excluding hydrogens is 480 g/mol. The normalized spacial score (nSPS) is 16.5. The second kappa shape index (κ2) is 12.5. The number of carbonyl (C=O) groups excluding carboxylic acids is 3. The van der Waals surface area contributed by atoms with Crippen molar-refractivity contribution < 1.29 is 23.9 Å². The lowest BCUT2D eigenvalue weighted by molar-refractivity contribution is -0.155. The van der Waals surface area contributed by atoms with Gasteiger partial charge in [-0.05, 0) is 42.7 Å². The number of benzene rings is 3. The van der Waals surface area contributed by atoms with Crippen molar-refractivity contribution in [3.8, 4) is 5.75 Å². The van der Waals surface area contributed by atoms with Gasteiger partial charge in [-0.1, -0.05) is 91.0 Å².